The van der Waals surface area contributed by atoms with E-state index in [1.807, 2.05) is 0 Å². The second-order valence-corrected chi connectivity index (χ2v) is 3.89. The van der Waals surface area contributed by atoms with Gasteiger partial charge in [-0.15, -0.1) is 0 Å². The molecule has 6 heteroatoms. The third-order valence-corrected chi connectivity index (χ3v) is 2.62. The van der Waals surface area contributed by atoms with Crippen molar-refractivity contribution in [1.82, 2.24) is 4.90 Å². The summed E-state index contributed by atoms with van der Waals surface area (Å²) in [7, 11) is 1.55. The summed E-state index contributed by atoms with van der Waals surface area (Å²) in [6, 6.07) is -0.884. The molecule has 0 bridgehead atoms. The fraction of sp³-hybridized carbons (Fsp3) is 0.800. The molecule has 1 rings (SSSR count). The molecule has 6 nitrogen and oxygen atoms in total. The fourth-order valence-corrected chi connectivity index (χ4v) is 1.83. The molecule has 0 saturated carbocycles. The van der Waals surface area contributed by atoms with Crippen LogP contribution in [0.15, 0.2) is 0 Å². The predicted octanol–water partition coefficient (Wildman–Crippen LogP) is -0.541. The first kappa shape index (κ1) is 12.9. The molecule has 0 unspecified atom stereocenters. The largest absolute Gasteiger partial charge is 0.480 e. The van der Waals surface area contributed by atoms with Crippen LogP contribution in [0.5, 0.6) is 0 Å². The normalized spacial score (nSPS) is 24.8. The highest BCUT2D eigenvalue weighted by atomic mass is 16.5. The number of amides is 1. The standard InChI is InChI=1S/C10H17NO5/c1-16-4-2-3-9(13)11-6-7(12)5-8(11)10(14)15/h7-8,12H,2-6H2,1H3,(H,14,15)/t7-,8-/m1/s1. The molecular weight excluding hydrogens is 214 g/mol. The predicted molar refractivity (Wildman–Crippen MR) is 54.9 cm³/mol. The van der Waals surface area contributed by atoms with Crippen LogP contribution in [0.25, 0.3) is 0 Å². The number of aliphatic hydroxyl groups excluding tert-OH is 1. The van der Waals surface area contributed by atoms with Gasteiger partial charge in [0.15, 0.2) is 0 Å². The van der Waals surface area contributed by atoms with Gasteiger partial charge in [0.05, 0.1) is 6.10 Å². The Hall–Kier alpha value is -1.14. The number of nitrogens with zero attached hydrogens (tertiary/aromatic N) is 1. The van der Waals surface area contributed by atoms with E-state index in [1.165, 1.54) is 4.90 Å². The average Bonchev–Trinajstić information content (AvgIpc) is 2.61. The van der Waals surface area contributed by atoms with E-state index in [9.17, 15) is 14.7 Å². The van der Waals surface area contributed by atoms with Gasteiger partial charge in [0.1, 0.15) is 6.04 Å². The summed E-state index contributed by atoms with van der Waals surface area (Å²) in [5.41, 5.74) is 0. The highest BCUT2D eigenvalue weighted by Crippen LogP contribution is 2.19. The lowest BCUT2D eigenvalue weighted by atomic mass is 10.2. The lowest BCUT2D eigenvalue weighted by molar-refractivity contribution is -0.148. The van der Waals surface area contributed by atoms with E-state index in [-0.39, 0.29) is 25.3 Å². The maximum absolute atomic E-state index is 11.7. The van der Waals surface area contributed by atoms with E-state index in [0.717, 1.165) is 0 Å². The number of carboxylic acid groups (broad SMARTS) is 1. The molecule has 0 aromatic carbocycles. The molecule has 0 radical (unpaired) electrons. The van der Waals surface area contributed by atoms with Crippen molar-refractivity contribution in [1.29, 1.82) is 0 Å². The number of β-amino-alcohol motifs (C(OH)–C–C–N with tert-alkyl or cyclic N) is 1. The molecule has 0 aromatic heterocycles. The second-order valence-electron chi connectivity index (χ2n) is 3.89. The van der Waals surface area contributed by atoms with Gasteiger partial charge < -0.3 is 19.8 Å². The van der Waals surface area contributed by atoms with Crippen molar-refractivity contribution < 1.29 is 24.5 Å². The molecule has 1 amide bonds. The van der Waals surface area contributed by atoms with Gasteiger partial charge in [-0.1, -0.05) is 0 Å². The Labute approximate surface area is 93.8 Å². The lowest BCUT2D eigenvalue weighted by Crippen LogP contribution is -2.40. The number of rotatable bonds is 5. The SMILES string of the molecule is COCCCC(=O)N1C[C@H](O)C[C@@H]1C(=O)O. The van der Waals surface area contributed by atoms with Crippen LogP contribution in [0, 0.1) is 0 Å². The molecule has 0 aromatic rings. The Morgan fingerprint density at radius 3 is 2.75 bits per heavy atom. The van der Waals surface area contributed by atoms with Crippen molar-refractivity contribution >= 4 is 11.9 Å². The molecule has 1 heterocycles. The number of ether oxygens (including phenoxy) is 1. The van der Waals surface area contributed by atoms with Crippen LogP contribution in [0.3, 0.4) is 0 Å². The van der Waals surface area contributed by atoms with Gasteiger partial charge in [-0.3, -0.25) is 4.79 Å². The van der Waals surface area contributed by atoms with Crippen LogP contribution in [-0.2, 0) is 14.3 Å². The van der Waals surface area contributed by atoms with E-state index in [0.29, 0.717) is 13.0 Å². The van der Waals surface area contributed by atoms with Crippen LogP contribution >= 0.6 is 0 Å². The lowest BCUT2D eigenvalue weighted by Gasteiger charge is -2.20. The molecule has 1 fully saturated rings. The first-order valence-electron chi connectivity index (χ1n) is 5.25. The van der Waals surface area contributed by atoms with Crippen LogP contribution < -0.4 is 0 Å². The third kappa shape index (κ3) is 3.18. The Kier molecular flexibility index (Phi) is 4.70. The van der Waals surface area contributed by atoms with Crippen molar-refractivity contribution in [3.05, 3.63) is 0 Å². The van der Waals surface area contributed by atoms with Crippen molar-refractivity contribution in [2.24, 2.45) is 0 Å². The van der Waals surface area contributed by atoms with Gasteiger partial charge in [0.2, 0.25) is 5.91 Å². The molecule has 92 valence electrons. The topological polar surface area (TPSA) is 87.1 Å². The quantitative estimate of drug-likeness (QED) is 0.620. The highest BCUT2D eigenvalue weighted by Gasteiger charge is 2.38. The summed E-state index contributed by atoms with van der Waals surface area (Å²) in [6.45, 7) is 0.586. The summed E-state index contributed by atoms with van der Waals surface area (Å²) in [4.78, 5) is 23.8. The molecule has 2 N–H and O–H groups in total. The van der Waals surface area contributed by atoms with Gasteiger partial charge >= 0.3 is 5.97 Å². The minimum Gasteiger partial charge on any atom is -0.480 e. The zero-order chi connectivity index (χ0) is 12.1. The summed E-state index contributed by atoms with van der Waals surface area (Å²) >= 11 is 0. The van der Waals surface area contributed by atoms with Crippen LogP contribution in [-0.4, -0.2) is 59.4 Å². The first-order valence-corrected chi connectivity index (χ1v) is 5.25. The second kappa shape index (κ2) is 5.81. The number of carbonyl (C=O) groups is 2. The van der Waals surface area contributed by atoms with Crippen LogP contribution in [0.2, 0.25) is 0 Å². The minimum absolute atomic E-state index is 0.114. The zero-order valence-electron chi connectivity index (χ0n) is 9.26. The number of carboxylic acids is 1. The maximum Gasteiger partial charge on any atom is 0.326 e. The molecule has 2 atom stereocenters. The van der Waals surface area contributed by atoms with Crippen molar-refractivity contribution in [3.63, 3.8) is 0 Å². The van der Waals surface area contributed by atoms with Gasteiger partial charge in [-0.2, -0.15) is 0 Å². The number of hydrogen-bond acceptors (Lipinski definition) is 4. The molecule has 1 aliphatic heterocycles. The van der Waals surface area contributed by atoms with Crippen molar-refractivity contribution in [2.45, 2.75) is 31.4 Å². The monoisotopic (exact) mass is 231 g/mol. The van der Waals surface area contributed by atoms with Gasteiger partial charge in [0.25, 0.3) is 0 Å². The number of carbonyl (C=O) groups excluding carboxylic acids is 1. The number of aliphatic carboxylic acids is 1. The van der Waals surface area contributed by atoms with Crippen LogP contribution in [0.1, 0.15) is 19.3 Å². The average molecular weight is 231 g/mol. The molecule has 0 aliphatic carbocycles. The van der Waals surface area contributed by atoms with Crippen molar-refractivity contribution in [3.8, 4) is 0 Å². The Balaban J connectivity index is 2.50. The van der Waals surface area contributed by atoms with E-state index in [4.69, 9.17) is 9.84 Å². The zero-order valence-corrected chi connectivity index (χ0v) is 9.26. The van der Waals surface area contributed by atoms with Gasteiger partial charge in [-0.05, 0) is 6.42 Å². The molecule has 16 heavy (non-hydrogen) atoms. The molecular formula is C10H17NO5. The maximum atomic E-state index is 11.7. The Morgan fingerprint density at radius 1 is 1.50 bits per heavy atom. The summed E-state index contributed by atoms with van der Waals surface area (Å²) in [6.07, 6.45) is 0.205. The van der Waals surface area contributed by atoms with Gasteiger partial charge in [0, 0.05) is 33.1 Å². The number of hydrogen-bond donors (Lipinski definition) is 2. The van der Waals surface area contributed by atoms with Crippen molar-refractivity contribution in [2.75, 3.05) is 20.3 Å². The third-order valence-electron chi connectivity index (χ3n) is 2.62. The van der Waals surface area contributed by atoms with E-state index >= 15 is 0 Å². The smallest absolute Gasteiger partial charge is 0.326 e. The van der Waals surface area contributed by atoms with Gasteiger partial charge in [-0.25, -0.2) is 4.79 Å². The molecule has 0 spiro atoms. The molecule has 1 aliphatic rings. The summed E-state index contributed by atoms with van der Waals surface area (Å²) in [5, 5.41) is 18.2. The number of likely N-dealkylation sites (tertiary alicyclic amines) is 1. The fourth-order valence-electron chi connectivity index (χ4n) is 1.83. The highest BCUT2D eigenvalue weighted by molar-refractivity contribution is 5.84. The first-order chi connectivity index (χ1) is 7.56. The van der Waals surface area contributed by atoms with E-state index < -0.39 is 18.1 Å². The summed E-state index contributed by atoms with van der Waals surface area (Å²) < 4.78 is 4.81. The Morgan fingerprint density at radius 2 is 2.19 bits per heavy atom. The minimum atomic E-state index is -1.06. The molecule has 1 saturated heterocycles. The number of methoxy groups -OCH3 is 1. The Bertz CT molecular complexity index is 268. The van der Waals surface area contributed by atoms with E-state index in [2.05, 4.69) is 0 Å². The summed E-state index contributed by atoms with van der Waals surface area (Å²) in [5.74, 6) is -1.29. The number of aliphatic hydroxyl groups is 1. The van der Waals surface area contributed by atoms with E-state index in [1.54, 1.807) is 7.11 Å². The van der Waals surface area contributed by atoms with Crippen LogP contribution in [0.4, 0.5) is 0 Å².